The lowest BCUT2D eigenvalue weighted by Gasteiger charge is -2.23. The topological polar surface area (TPSA) is 63.5 Å². The molecule has 3 rings (SSSR count). The van der Waals surface area contributed by atoms with Crippen LogP contribution in [-0.4, -0.2) is 32.1 Å². The van der Waals surface area contributed by atoms with E-state index in [1.54, 1.807) is 13.4 Å². The molecular weight excluding hydrogens is 304 g/mol. The zero-order valence-electron chi connectivity index (χ0n) is 12.6. The molecule has 2 heterocycles. The predicted molar refractivity (Wildman–Crippen MR) is 87.8 cm³/mol. The molecule has 6 heteroatoms. The minimum absolute atomic E-state index is 0. The van der Waals surface area contributed by atoms with Crippen molar-refractivity contribution < 1.29 is 13.9 Å². The molecular formula is C16H21ClN2O3. The van der Waals surface area contributed by atoms with E-state index in [-0.39, 0.29) is 24.4 Å². The van der Waals surface area contributed by atoms with Crippen molar-refractivity contribution in [2.24, 2.45) is 0 Å². The molecule has 0 bridgehead atoms. The summed E-state index contributed by atoms with van der Waals surface area (Å²) in [7, 11) is 1.62. The number of carbonyl (C=O) groups is 1. The lowest BCUT2D eigenvalue weighted by atomic mass is 10.1. The minimum Gasteiger partial charge on any atom is -0.497 e. The molecule has 22 heavy (non-hydrogen) atoms. The first-order chi connectivity index (χ1) is 10.3. The molecule has 1 amide bonds. The van der Waals surface area contributed by atoms with Crippen molar-refractivity contribution in [2.75, 3.05) is 20.2 Å². The molecule has 0 saturated carbocycles. The largest absolute Gasteiger partial charge is 0.497 e. The number of ether oxygens (including phenoxy) is 1. The van der Waals surface area contributed by atoms with Crippen LogP contribution in [-0.2, 0) is 11.2 Å². The number of hydrogen-bond donors (Lipinski definition) is 2. The highest BCUT2D eigenvalue weighted by atomic mass is 35.5. The summed E-state index contributed by atoms with van der Waals surface area (Å²) in [6.45, 7) is 1.94. The zero-order chi connectivity index (χ0) is 14.7. The maximum atomic E-state index is 12.1. The first-order valence-electron chi connectivity index (χ1n) is 7.30. The van der Waals surface area contributed by atoms with E-state index in [1.165, 1.54) is 0 Å². The summed E-state index contributed by atoms with van der Waals surface area (Å²) < 4.78 is 10.7. The number of amides is 1. The summed E-state index contributed by atoms with van der Waals surface area (Å²) in [6, 6.07) is 5.94. The Bertz CT molecular complexity index is 635. The Morgan fingerprint density at radius 1 is 1.41 bits per heavy atom. The number of halogens is 1. The van der Waals surface area contributed by atoms with Crippen molar-refractivity contribution in [3.63, 3.8) is 0 Å². The van der Waals surface area contributed by atoms with Crippen molar-refractivity contribution in [2.45, 2.75) is 25.3 Å². The van der Waals surface area contributed by atoms with Crippen LogP contribution in [0.3, 0.4) is 0 Å². The molecule has 0 unspecified atom stereocenters. The maximum absolute atomic E-state index is 12.1. The number of fused-ring (bicyclic) bond motifs is 1. The van der Waals surface area contributed by atoms with E-state index in [9.17, 15) is 4.79 Å². The fourth-order valence-corrected chi connectivity index (χ4v) is 2.75. The third-order valence-corrected chi connectivity index (χ3v) is 3.92. The average molecular weight is 325 g/mol. The second kappa shape index (κ2) is 7.51. The first-order valence-corrected chi connectivity index (χ1v) is 7.30. The van der Waals surface area contributed by atoms with Crippen LogP contribution < -0.4 is 15.4 Å². The third kappa shape index (κ3) is 3.72. The Balaban J connectivity index is 0.00000176. The van der Waals surface area contributed by atoms with Gasteiger partial charge in [0.05, 0.1) is 19.8 Å². The molecule has 120 valence electrons. The van der Waals surface area contributed by atoms with E-state index in [1.807, 2.05) is 18.2 Å². The van der Waals surface area contributed by atoms with Gasteiger partial charge in [0.1, 0.15) is 11.3 Å². The summed E-state index contributed by atoms with van der Waals surface area (Å²) in [6.07, 6.45) is 4.00. The van der Waals surface area contributed by atoms with Gasteiger partial charge in [0.15, 0.2) is 0 Å². The van der Waals surface area contributed by atoms with Gasteiger partial charge in [-0.05, 0) is 38.1 Å². The number of carbonyl (C=O) groups excluding carboxylic acids is 1. The molecule has 0 atom stereocenters. The van der Waals surface area contributed by atoms with E-state index in [4.69, 9.17) is 9.15 Å². The number of nitrogens with one attached hydrogen (secondary N) is 2. The van der Waals surface area contributed by atoms with Crippen molar-refractivity contribution in [3.05, 3.63) is 30.0 Å². The lowest BCUT2D eigenvalue weighted by molar-refractivity contribution is -0.121. The van der Waals surface area contributed by atoms with Crippen molar-refractivity contribution in [1.82, 2.24) is 10.6 Å². The number of benzene rings is 1. The quantitative estimate of drug-likeness (QED) is 0.905. The van der Waals surface area contributed by atoms with Crippen LogP contribution in [0.4, 0.5) is 0 Å². The van der Waals surface area contributed by atoms with E-state index >= 15 is 0 Å². The smallest absolute Gasteiger partial charge is 0.224 e. The Morgan fingerprint density at radius 2 is 2.18 bits per heavy atom. The van der Waals surface area contributed by atoms with E-state index < -0.39 is 0 Å². The molecule has 1 aliphatic rings. The summed E-state index contributed by atoms with van der Waals surface area (Å²) in [5.74, 6) is 0.808. The number of methoxy groups -OCH3 is 1. The van der Waals surface area contributed by atoms with E-state index in [0.29, 0.717) is 6.42 Å². The summed E-state index contributed by atoms with van der Waals surface area (Å²) in [5.41, 5.74) is 1.66. The minimum atomic E-state index is 0. The standard InChI is InChI=1S/C16H20N2O3.ClH/c1-20-13-2-3-14-11(10-21-15(14)9-13)8-16(19)18-12-4-6-17-7-5-12;/h2-3,9-10,12,17H,4-8H2,1H3,(H,18,19);1H. The molecule has 5 nitrogen and oxygen atoms in total. The molecule has 1 saturated heterocycles. The molecule has 1 aliphatic heterocycles. The Labute approximate surface area is 135 Å². The van der Waals surface area contributed by atoms with Crippen LogP contribution in [0.2, 0.25) is 0 Å². The van der Waals surface area contributed by atoms with E-state index in [2.05, 4.69) is 10.6 Å². The summed E-state index contributed by atoms with van der Waals surface area (Å²) in [5, 5.41) is 7.36. The fraction of sp³-hybridized carbons (Fsp3) is 0.438. The van der Waals surface area contributed by atoms with Crippen LogP contribution >= 0.6 is 12.4 Å². The Hall–Kier alpha value is -1.72. The lowest BCUT2D eigenvalue weighted by Crippen LogP contribution is -2.43. The van der Waals surface area contributed by atoms with Gasteiger partial charge in [0.25, 0.3) is 0 Å². The van der Waals surface area contributed by atoms with E-state index in [0.717, 1.165) is 48.2 Å². The number of hydrogen-bond acceptors (Lipinski definition) is 4. The van der Waals surface area contributed by atoms with Crippen LogP contribution in [0.1, 0.15) is 18.4 Å². The molecule has 0 spiro atoms. The van der Waals surface area contributed by atoms with Gasteiger partial charge in [0, 0.05) is 23.1 Å². The second-order valence-electron chi connectivity index (χ2n) is 5.39. The molecule has 2 aromatic rings. The van der Waals surface area contributed by atoms with Crippen molar-refractivity contribution in [3.8, 4) is 5.75 Å². The molecule has 1 aromatic carbocycles. The first kappa shape index (κ1) is 16.6. The van der Waals surface area contributed by atoms with Gasteiger partial charge in [-0.3, -0.25) is 4.79 Å². The number of furan rings is 1. The zero-order valence-corrected chi connectivity index (χ0v) is 13.4. The number of rotatable bonds is 4. The van der Waals surface area contributed by atoms with Gasteiger partial charge >= 0.3 is 0 Å². The summed E-state index contributed by atoms with van der Waals surface area (Å²) in [4.78, 5) is 12.1. The third-order valence-electron chi connectivity index (χ3n) is 3.92. The van der Waals surface area contributed by atoms with Gasteiger partial charge < -0.3 is 19.8 Å². The summed E-state index contributed by atoms with van der Waals surface area (Å²) >= 11 is 0. The highest BCUT2D eigenvalue weighted by molar-refractivity contribution is 5.88. The highest BCUT2D eigenvalue weighted by Gasteiger charge is 2.17. The molecule has 0 radical (unpaired) electrons. The fourth-order valence-electron chi connectivity index (χ4n) is 2.75. The van der Waals surface area contributed by atoms with Crippen molar-refractivity contribution >= 4 is 29.3 Å². The van der Waals surface area contributed by atoms with Crippen LogP contribution in [0.5, 0.6) is 5.75 Å². The Kier molecular flexibility index (Phi) is 5.69. The van der Waals surface area contributed by atoms with Gasteiger partial charge in [-0.1, -0.05) is 0 Å². The number of piperidine rings is 1. The normalized spacial score (nSPS) is 15.3. The molecule has 1 aromatic heterocycles. The van der Waals surface area contributed by atoms with Crippen LogP contribution in [0.15, 0.2) is 28.9 Å². The van der Waals surface area contributed by atoms with Gasteiger partial charge in [-0.15, -0.1) is 12.4 Å². The molecule has 0 aliphatic carbocycles. The predicted octanol–water partition coefficient (Wildman–Crippen LogP) is 2.27. The Morgan fingerprint density at radius 3 is 2.91 bits per heavy atom. The average Bonchev–Trinajstić information content (AvgIpc) is 2.90. The highest BCUT2D eigenvalue weighted by Crippen LogP contribution is 2.25. The van der Waals surface area contributed by atoms with Gasteiger partial charge in [-0.25, -0.2) is 0 Å². The van der Waals surface area contributed by atoms with Gasteiger partial charge in [0.2, 0.25) is 5.91 Å². The SMILES string of the molecule is COc1ccc2c(CC(=O)NC3CCNCC3)coc2c1.Cl. The molecule has 2 N–H and O–H groups in total. The van der Waals surface area contributed by atoms with Crippen LogP contribution in [0, 0.1) is 0 Å². The maximum Gasteiger partial charge on any atom is 0.224 e. The van der Waals surface area contributed by atoms with Crippen LogP contribution in [0.25, 0.3) is 11.0 Å². The monoisotopic (exact) mass is 324 g/mol. The van der Waals surface area contributed by atoms with Crippen molar-refractivity contribution in [1.29, 1.82) is 0 Å². The second-order valence-corrected chi connectivity index (χ2v) is 5.39. The van der Waals surface area contributed by atoms with Gasteiger partial charge in [-0.2, -0.15) is 0 Å². The molecule has 1 fully saturated rings.